The van der Waals surface area contributed by atoms with Gasteiger partial charge in [-0.25, -0.2) is 4.98 Å². The first kappa shape index (κ1) is 23.0. The SMILES string of the molecule is C[C@H](O)C(=O)N1CCC(c2nnc3cnc4ccc(-c5cnc(N)c(C(F)(F)F)c5)cc4n23)CC1. The number of halogens is 3. The van der Waals surface area contributed by atoms with Gasteiger partial charge in [-0.2, -0.15) is 13.2 Å². The number of alkyl halides is 3. The average Bonchev–Trinajstić information content (AvgIpc) is 3.27. The highest BCUT2D eigenvalue weighted by Gasteiger charge is 2.34. The van der Waals surface area contributed by atoms with E-state index in [2.05, 4.69) is 20.2 Å². The average molecular weight is 485 g/mol. The van der Waals surface area contributed by atoms with Crippen LogP contribution in [-0.4, -0.2) is 59.7 Å². The van der Waals surface area contributed by atoms with Crippen molar-refractivity contribution in [3.05, 3.63) is 48.0 Å². The Morgan fingerprint density at radius 1 is 1.11 bits per heavy atom. The van der Waals surface area contributed by atoms with Gasteiger partial charge in [-0.15, -0.1) is 10.2 Å². The molecular weight excluding hydrogens is 463 g/mol. The van der Waals surface area contributed by atoms with Gasteiger partial charge in [0.1, 0.15) is 17.7 Å². The number of aliphatic hydroxyl groups is 1. The lowest BCUT2D eigenvalue weighted by atomic mass is 9.95. The molecule has 1 saturated heterocycles. The molecule has 12 heteroatoms. The molecule has 0 aliphatic carbocycles. The zero-order valence-electron chi connectivity index (χ0n) is 18.7. The molecule has 0 bridgehead atoms. The zero-order chi connectivity index (χ0) is 24.9. The Balaban J connectivity index is 1.55. The topological polar surface area (TPSA) is 123 Å². The van der Waals surface area contributed by atoms with Crippen LogP contribution in [0.3, 0.4) is 0 Å². The second-order valence-corrected chi connectivity index (χ2v) is 8.64. The highest BCUT2D eigenvalue weighted by atomic mass is 19.4. The van der Waals surface area contributed by atoms with Crippen LogP contribution >= 0.6 is 0 Å². The second kappa shape index (κ2) is 8.45. The number of amides is 1. The summed E-state index contributed by atoms with van der Waals surface area (Å²) in [7, 11) is 0. The van der Waals surface area contributed by atoms with E-state index in [1.807, 2.05) is 4.40 Å². The van der Waals surface area contributed by atoms with Crippen molar-refractivity contribution in [2.24, 2.45) is 0 Å². The summed E-state index contributed by atoms with van der Waals surface area (Å²) in [5.74, 6) is -0.177. The summed E-state index contributed by atoms with van der Waals surface area (Å²) in [5.41, 5.74) is 7.03. The molecule has 4 aromatic rings. The molecule has 0 spiro atoms. The van der Waals surface area contributed by atoms with Crippen LogP contribution in [0, 0.1) is 0 Å². The molecule has 1 fully saturated rings. The number of nitrogens with two attached hydrogens (primary N) is 1. The van der Waals surface area contributed by atoms with E-state index in [0.29, 0.717) is 54.0 Å². The summed E-state index contributed by atoms with van der Waals surface area (Å²) in [6, 6.07) is 6.13. The van der Waals surface area contributed by atoms with E-state index in [1.54, 1.807) is 29.3 Å². The number of benzene rings is 1. The largest absolute Gasteiger partial charge is 0.419 e. The molecule has 3 aromatic heterocycles. The number of nitrogens with zero attached hydrogens (tertiary/aromatic N) is 6. The van der Waals surface area contributed by atoms with Gasteiger partial charge < -0.3 is 15.7 Å². The van der Waals surface area contributed by atoms with Gasteiger partial charge >= 0.3 is 6.18 Å². The molecule has 35 heavy (non-hydrogen) atoms. The van der Waals surface area contributed by atoms with Crippen LogP contribution in [0.25, 0.3) is 27.8 Å². The Bertz CT molecular complexity index is 1430. The molecule has 0 saturated carbocycles. The van der Waals surface area contributed by atoms with Crippen LogP contribution in [0.5, 0.6) is 0 Å². The van der Waals surface area contributed by atoms with E-state index in [-0.39, 0.29) is 17.4 Å². The Kier molecular flexibility index (Phi) is 5.55. The van der Waals surface area contributed by atoms with Crippen molar-refractivity contribution in [1.29, 1.82) is 0 Å². The minimum atomic E-state index is -4.62. The highest BCUT2D eigenvalue weighted by molar-refractivity contribution is 5.84. The normalized spacial score (nSPS) is 16.2. The first-order valence-corrected chi connectivity index (χ1v) is 11.1. The van der Waals surface area contributed by atoms with Crippen molar-refractivity contribution in [1.82, 2.24) is 29.5 Å². The standard InChI is InChI=1S/C23H22F3N7O2/c1-12(34)22(35)32-6-4-13(5-7-32)21-31-30-19-11-28-17-3-2-14(9-18(17)33(19)21)15-8-16(23(24,25)26)20(27)29-10-15/h2-3,8-13,34H,4-7H2,1H3,(H2,27,29)/t12-/m0/s1. The predicted octanol–water partition coefficient (Wildman–Crippen LogP) is 3.03. The van der Waals surface area contributed by atoms with E-state index < -0.39 is 23.7 Å². The smallest absolute Gasteiger partial charge is 0.384 e. The van der Waals surface area contributed by atoms with E-state index in [4.69, 9.17) is 5.73 Å². The van der Waals surface area contributed by atoms with Crippen molar-refractivity contribution >= 4 is 28.4 Å². The van der Waals surface area contributed by atoms with Gasteiger partial charge in [0.2, 0.25) is 0 Å². The number of anilines is 1. The third-order valence-electron chi connectivity index (χ3n) is 6.33. The molecule has 182 valence electrons. The van der Waals surface area contributed by atoms with E-state index in [1.165, 1.54) is 13.1 Å². The number of carbonyl (C=O) groups is 1. The first-order valence-electron chi connectivity index (χ1n) is 11.1. The van der Waals surface area contributed by atoms with Crippen LogP contribution < -0.4 is 5.73 Å². The van der Waals surface area contributed by atoms with Crippen LogP contribution in [0.2, 0.25) is 0 Å². The summed E-state index contributed by atoms with van der Waals surface area (Å²) >= 11 is 0. The minimum Gasteiger partial charge on any atom is -0.384 e. The van der Waals surface area contributed by atoms with Crippen LogP contribution in [0.4, 0.5) is 19.0 Å². The molecule has 3 N–H and O–H groups in total. The van der Waals surface area contributed by atoms with Gasteiger partial charge in [0.25, 0.3) is 5.91 Å². The molecular formula is C23H22F3N7O2. The van der Waals surface area contributed by atoms with Gasteiger partial charge in [0, 0.05) is 30.8 Å². The lowest BCUT2D eigenvalue weighted by Crippen LogP contribution is -2.42. The second-order valence-electron chi connectivity index (χ2n) is 8.64. The monoisotopic (exact) mass is 485 g/mol. The predicted molar refractivity (Wildman–Crippen MR) is 121 cm³/mol. The van der Waals surface area contributed by atoms with Gasteiger partial charge in [-0.3, -0.25) is 14.2 Å². The number of piperidine rings is 1. The highest BCUT2D eigenvalue weighted by Crippen LogP contribution is 2.36. The molecule has 0 unspecified atom stereocenters. The Labute approximate surface area is 197 Å². The van der Waals surface area contributed by atoms with E-state index in [0.717, 1.165) is 6.07 Å². The van der Waals surface area contributed by atoms with Gasteiger partial charge in [0.05, 0.1) is 22.8 Å². The number of fused-ring (bicyclic) bond motifs is 3. The molecule has 0 radical (unpaired) electrons. The summed E-state index contributed by atoms with van der Waals surface area (Å²) in [6.07, 6.45) is -1.49. The molecule has 1 aliphatic rings. The Morgan fingerprint density at radius 2 is 1.86 bits per heavy atom. The van der Waals surface area contributed by atoms with Crippen molar-refractivity contribution in [2.45, 2.75) is 38.0 Å². The molecule has 5 rings (SSSR count). The number of likely N-dealkylation sites (tertiary alicyclic amines) is 1. The number of hydrogen-bond donors (Lipinski definition) is 2. The quantitative estimate of drug-likeness (QED) is 0.457. The van der Waals surface area contributed by atoms with Crippen molar-refractivity contribution < 1.29 is 23.1 Å². The van der Waals surface area contributed by atoms with Crippen molar-refractivity contribution in [3.63, 3.8) is 0 Å². The maximum Gasteiger partial charge on any atom is 0.419 e. The number of aromatic nitrogens is 5. The fourth-order valence-corrected chi connectivity index (χ4v) is 4.50. The summed E-state index contributed by atoms with van der Waals surface area (Å²) in [5, 5.41) is 18.2. The fraction of sp³-hybridized carbons (Fsp3) is 0.348. The van der Waals surface area contributed by atoms with Gasteiger partial charge in [-0.05, 0) is 43.5 Å². The van der Waals surface area contributed by atoms with E-state index >= 15 is 0 Å². The number of rotatable bonds is 3. The molecule has 9 nitrogen and oxygen atoms in total. The maximum absolute atomic E-state index is 13.4. The summed E-state index contributed by atoms with van der Waals surface area (Å²) < 4.78 is 41.9. The molecule has 1 aliphatic heterocycles. The maximum atomic E-state index is 13.4. The lowest BCUT2D eigenvalue weighted by molar-refractivity contribution is -0.140. The van der Waals surface area contributed by atoms with Crippen LogP contribution in [-0.2, 0) is 11.0 Å². The third-order valence-corrected chi connectivity index (χ3v) is 6.33. The number of aliphatic hydroxyl groups excluding tert-OH is 1. The van der Waals surface area contributed by atoms with Crippen LogP contribution in [0.15, 0.2) is 36.7 Å². The van der Waals surface area contributed by atoms with E-state index in [9.17, 15) is 23.1 Å². The van der Waals surface area contributed by atoms with Crippen LogP contribution in [0.1, 0.15) is 37.1 Å². The Morgan fingerprint density at radius 3 is 2.54 bits per heavy atom. The molecule has 1 atom stereocenters. The van der Waals surface area contributed by atoms with Crippen molar-refractivity contribution in [2.75, 3.05) is 18.8 Å². The Hall–Kier alpha value is -3.80. The minimum absolute atomic E-state index is 0.00678. The molecule has 1 aromatic carbocycles. The number of nitrogen functional groups attached to an aromatic ring is 1. The van der Waals surface area contributed by atoms with Crippen molar-refractivity contribution in [3.8, 4) is 11.1 Å². The van der Waals surface area contributed by atoms with Gasteiger partial charge in [0.15, 0.2) is 5.65 Å². The lowest BCUT2D eigenvalue weighted by Gasteiger charge is -2.32. The van der Waals surface area contributed by atoms with Gasteiger partial charge in [-0.1, -0.05) is 6.07 Å². The summed E-state index contributed by atoms with van der Waals surface area (Å²) in [6.45, 7) is 2.41. The molecule has 4 heterocycles. The number of pyridine rings is 1. The zero-order valence-corrected chi connectivity index (χ0v) is 18.7. The summed E-state index contributed by atoms with van der Waals surface area (Å²) in [4.78, 5) is 21.9. The third kappa shape index (κ3) is 4.14. The first-order chi connectivity index (χ1) is 16.6. The number of hydrogen-bond acceptors (Lipinski definition) is 7. The fourth-order valence-electron chi connectivity index (χ4n) is 4.50. The number of carbonyl (C=O) groups excluding carboxylic acids is 1. The molecule has 1 amide bonds.